The Labute approximate surface area is 273 Å². The number of fused-ring (bicyclic) bond motifs is 2. The summed E-state index contributed by atoms with van der Waals surface area (Å²) < 4.78 is 51.9. The van der Waals surface area contributed by atoms with Gasteiger partial charge in [0.2, 0.25) is 0 Å². The first-order valence-electron chi connectivity index (χ1n) is 15.4. The third-order valence-electron chi connectivity index (χ3n) is 8.66. The van der Waals surface area contributed by atoms with E-state index in [1.807, 2.05) is 19.1 Å². The smallest absolute Gasteiger partial charge is 0.321 e. The second-order valence-corrected chi connectivity index (χ2v) is 15.1. The number of aromatic nitrogens is 5. The molecule has 0 N–H and O–H groups in total. The van der Waals surface area contributed by atoms with Crippen molar-refractivity contribution in [2.24, 2.45) is 12.5 Å². The summed E-state index contributed by atoms with van der Waals surface area (Å²) in [5, 5.41) is 8.54. The Kier molecular flexibility index (Phi) is 8.25. The van der Waals surface area contributed by atoms with Crippen LogP contribution in [0.4, 0.5) is 4.39 Å². The van der Waals surface area contributed by atoms with Crippen LogP contribution in [-0.2, 0) is 33.0 Å². The van der Waals surface area contributed by atoms with Gasteiger partial charge in [-0.15, -0.1) is 0 Å². The van der Waals surface area contributed by atoms with Crippen LogP contribution in [0.5, 0.6) is 0 Å². The highest BCUT2D eigenvalue weighted by Crippen LogP contribution is 2.51. The van der Waals surface area contributed by atoms with Gasteiger partial charge in [0.25, 0.3) is 10.0 Å². The van der Waals surface area contributed by atoms with Gasteiger partial charge in [0.15, 0.2) is 10.8 Å². The van der Waals surface area contributed by atoms with Gasteiger partial charge in [-0.25, -0.2) is 17.5 Å². The van der Waals surface area contributed by atoms with E-state index in [1.54, 1.807) is 63.1 Å². The van der Waals surface area contributed by atoms with Crippen molar-refractivity contribution in [3.63, 3.8) is 0 Å². The number of hydrogen-bond acceptors (Lipinski definition) is 8. The van der Waals surface area contributed by atoms with Crippen molar-refractivity contribution in [1.82, 2.24) is 28.9 Å². The Morgan fingerprint density at radius 1 is 1.15 bits per heavy atom. The molecule has 1 saturated carbocycles. The SMILES string of the molecule is Cc1ccnc(C(=O)[C@]23Cc4cnn(-c5ccc(F)cc5)c4C=C2CC[C@H](N(CC(=O)OC(C)(C)C)S(=O)(=O)c2ccn(C)n2)C3)c1. The standard InChI is InChI=1S/C34H37FN6O5S/c1-22-12-14-36-28(16-22)32(43)34-18-23-20-37-41(26-10-7-25(35)8-11-26)29(23)17-24(34)6-9-27(19-34)40(21-31(42)46-33(2,3)4)47(44,45)30-13-15-39(5)38-30/h7-8,10-17,20,27H,6,9,18-19,21H2,1-5H3/t27-,34-/m0/s1. The van der Waals surface area contributed by atoms with Crippen LogP contribution in [0.3, 0.4) is 0 Å². The minimum Gasteiger partial charge on any atom is -0.459 e. The number of hydrogen-bond donors (Lipinski definition) is 0. The van der Waals surface area contributed by atoms with Gasteiger partial charge >= 0.3 is 5.97 Å². The number of aryl methyl sites for hydroxylation is 2. The van der Waals surface area contributed by atoms with Crippen molar-refractivity contribution in [3.8, 4) is 5.69 Å². The van der Waals surface area contributed by atoms with Gasteiger partial charge < -0.3 is 4.74 Å². The summed E-state index contributed by atoms with van der Waals surface area (Å²) in [5.74, 6) is -1.30. The van der Waals surface area contributed by atoms with Gasteiger partial charge in [0, 0.05) is 25.5 Å². The monoisotopic (exact) mass is 660 g/mol. The lowest BCUT2D eigenvalue weighted by Crippen LogP contribution is -2.52. The highest BCUT2D eigenvalue weighted by Gasteiger charge is 2.52. The largest absolute Gasteiger partial charge is 0.459 e. The number of nitrogens with zero attached hydrogens (tertiary/aromatic N) is 6. The Bertz CT molecular complexity index is 1990. The van der Waals surface area contributed by atoms with Crippen molar-refractivity contribution in [2.75, 3.05) is 6.54 Å². The minimum atomic E-state index is -4.28. The summed E-state index contributed by atoms with van der Waals surface area (Å²) in [6.07, 6.45) is 7.81. The van der Waals surface area contributed by atoms with Gasteiger partial charge in [-0.2, -0.15) is 14.5 Å². The average Bonchev–Trinajstić information content (AvgIpc) is 3.63. The molecule has 13 heteroatoms. The molecule has 0 radical (unpaired) electrons. The van der Waals surface area contributed by atoms with Crippen LogP contribution >= 0.6 is 0 Å². The number of pyridine rings is 1. The number of carbonyl (C=O) groups excluding carboxylic acids is 2. The molecule has 0 aliphatic heterocycles. The number of sulfonamides is 1. The Hall–Kier alpha value is -4.49. The second-order valence-electron chi connectivity index (χ2n) is 13.3. The first-order valence-corrected chi connectivity index (χ1v) is 16.8. The molecule has 0 bridgehead atoms. The molecule has 0 unspecified atom stereocenters. The van der Waals surface area contributed by atoms with Crippen molar-refractivity contribution in [3.05, 3.63) is 95.0 Å². The van der Waals surface area contributed by atoms with Crippen LogP contribution in [0, 0.1) is 18.2 Å². The first-order chi connectivity index (χ1) is 22.2. The van der Waals surface area contributed by atoms with Crippen LogP contribution < -0.4 is 0 Å². The maximum atomic E-state index is 14.7. The van der Waals surface area contributed by atoms with Crippen molar-refractivity contribution >= 4 is 27.9 Å². The number of Topliss-reactive ketones (excluding diaryl/α,β-unsaturated/α-hetero) is 1. The molecule has 0 amide bonds. The maximum Gasteiger partial charge on any atom is 0.321 e. The van der Waals surface area contributed by atoms with E-state index >= 15 is 0 Å². The Balaban J connectivity index is 1.45. The molecule has 3 aromatic heterocycles. The predicted octanol–water partition coefficient (Wildman–Crippen LogP) is 4.84. The zero-order chi connectivity index (χ0) is 33.7. The zero-order valence-electron chi connectivity index (χ0n) is 27.0. The van der Waals surface area contributed by atoms with E-state index in [2.05, 4.69) is 15.2 Å². The number of carbonyl (C=O) groups is 2. The fourth-order valence-electron chi connectivity index (χ4n) is 6.59. The number of allylic oxidation sites excluding steroid dienone is 1. The van der Waals surface area contributed by atoms with E-state index in [4.69, 9.17) is 4.74 Å². The lowest BCUT2D eigenvalue weighted by atomic mass is 9.60. The fraction of sp³-hybridized carbons (Fsp3) is 0.382. The normalized spacial score (nSPS) is 19.6. The summed E-state index contributed by atoms with van der Waals surface area (Å²) >= 11 is 0. The predicted molar refractivity (Wildman–Crippen MR) is 172 cm³/mol. The Morgan fingerprint density at radius 3 is 2.55 bits per heavy atom. The summed E-state index contributed by atoms with van der Waals surface area (Å²) in [6, 6.07) is 10.2. The molecule has 2 aliphatic rings. The molecule has 2 atom stereocenters. The first kappa shape index (κ1) is 32.5. The molecular formula is C34H37FN6O5S. The van der Waals surface area contributed by atoms with E-state index in [0.29, 0.717) is 18.5 Å². The van der Waals surface area contributed by atoms with Crippen molar-refractivity contribution in [1.29, 1.82) is 0 Å². The van der Waals surface area contributed by atoms with Crippen molar-refractivity contribution in [2.45, 2.75) is 70.0 Å². The number of halogens is 1. The maximum absolute atomic E-state index is 14.7. The molecular weight excluding hydrogens is 623 g/mol. The van der Waals surface area contributed by atoms with Crippen molar-refractivity contribution < 1.29 is 27.1 Å². The number of rotatable bonds is 8. The lowest BCUT2D eigenvalue weighted by molar-refractivity contribution is -0.155. The van der Waals surface area contributed by atoms with Crippen LogP contribution in [0.15, 0.2) is 71.7 Å². The molecule has 2 aliphatic carbocycles. The van der Waals surface area contributed by atoms with Crippen LogP contribution in [0.1, 0.15) is 67.3 Å². The van der Waals surface area contributed by atoms with E-state index in [-0.39, 0.29) is 35.2 Å². The van der Waals surface area contributed by atoms with Gasteiger partial charge in [-0.3, -0.25) is 19.3 Å². The molecule has 6 rings (SSSR count). The zero-order valence-corrected chi connectivity index (χ0v) is 27.8. The van der Waals surface area contributed by atoms with Crippen LogP contribution in [0.2, 0.25) is 0 Å². The van der Waals surface area contributed by atoms with E-state index in [9.17, 15) is 22.4 Å². The summed E-state index contributed by atoms with van der Waals surface area (Å²) in [5.41, 5.74) is 2.19. The van der Waals surface area contributed by atoms with E-state index in [1.165, 1.54) is 29.1 Å². The van der Waals surface area contributed by atoms with Crippen LogP contribution in [0.25, 0.3) is 11.8 Å². The molecule has 246 valence electrons. The number of benzene rings is 1. The third kappa shape index (κ3) is 6.29. The molecule has 3 heterocycles. The average molecular weight is 661 g/mol. The van der Waals surface area contributed by atoms with E-state index in [0.717, 1.165) is 26.7 Å². The number of ketones is 1. The van der Waals surface area contributed by atoms with Gasteiger partial charge in [-0.1, -0.05) is 5.57 Å². The molecule has 1 fully saturated rings. The Morgan fingerprint density at radius 2 is 1.89 bits per heavy atom. The molecule has 4 aromatic rings. The van der Waals surface area contributed by atoms with Gasteiger partial charge in [0.1, 0.15) is 23.7 Å². The molecule has 11 nitrogen and oxygen atoms in total. The molecule has 1 aromatic carbocycles. The second kappa shape index (κ2) is 11.9. The summed E-state index contributed by atoms with van der Waals surface area (Å²) in [4.78, 5) is 32.3. The molecule has 47 heavy (non-hydrogen) atoms. The topological polar surface area (TPSA) is 129 Å². The highest BCUT2D eigenvalue weighted by molar-refractivity contribution is 7.89. The number of ether oxygens (including phenoxy) is 1. The highest BCUT2D eigenvalue weighted by atomic mass is 32.2. The fourth-order valence-corrected chi connectivity index (χ4v) is 8.14. The molecule has 0 spiro atoms. The quantitative estimate of drug-likeness (QED) is 0.194. The van der Waals surface area contributed by atoms with E-state index < -0.39 is 39.6 Å². The lowest BCUT2D eigenvalue weighted by Gasteiger charge is -2.46. The molecule has 0 saturated heterocycles. The van der Waals surface area contributed by atoms with Crippen LogP contribution in [-0.4, -0.2) is 67.2 Å². The minimum absolute atomic E-state index is 0.101. The number of esters is 1. The van der Waals surface area contributed by atoms with Gasteiger partial charge in [0.05, 0.1) is 23.0 Å². The third-order valence-corrected chi connectivity index (χ3v) is 10.5. The summed E-state index contributed by atoms with van der Waals surface area (Å²) in [6.45, 7) is 6.49. The summed E-state index contributed by atoms with van der Waals surface area (Å²) in [7, 11) is -2.67. The van der Waals surface area contributed by atoms with Gasteiger partial charge in [-0.05, 0) is 113 Å².